The van der Waals surface area contributed by atoms with Gasteiger partial charge in [0.25, 0.3) is 0 Å². The lowest BCUT2D eigenvalue weighted by atomic mass is 9.77. The summed E-state index contributed by atoms with van der Waals surface area (Å²) < 4.78 is 0. The Bertz CT molecular complexity index is 485. The van der Waals surface area contributed by atoms with Gasteiger partial charge in [0.15, 0.2) is 0 Å². The molecule has 0 bridgehead atoms. The highest BCUT2D eigenvalue weighted by molar-refractivity contribution is 5.85. The van der Waals surface area contributed by atoms with Gasteiger partial charge in [0.2, 0.25) is 5.91 Å². The zero-order chi connectivity index (χ0) is 13.3. The summed E-state index contributed by atoms with van der Waals surface area (Å²) in [6, 6.07) is 8.33. The number of hydrogen-bond acceptors (Lipinski definition) is 2. The van der Waals surface area contributed by atoms with E-state index in [9.17, 15) is 4.79 Å². The van der Waals surface area contributed by atoms with Crippen molar-refractivity contribution in [3.63, 3.8) is 0 Å². The molecule has 2 aliphatic rings. The maximum atomic E-state index is 12.4. The van der Waals surface area contributed by atoms with Crippen LogP contribution in [-0.4, -0.2) is 18.0 Å². The topological polar surface area (TPSA) is 55.1 Å². The van der Waals surface area contributed by atoms with Crippen LogP contribution in [0.4, 0.5) is 0 Å². The van der Waals surface area contributed by atoms with Crippen molar-refractivity contribution in [1.82, 2.24) is 5.32 Å². The molecule has 1 fully saturated rings. The Morgan fingerprint density at radius 2 is 2.05 bits per heavy atom. The molecule has 3 N–H and O–H groups in total. The van der Waals surface area contributed by atoms with E-state index in [1.165, 1.54) is 17.5 Å². The van der Waals surface area contributed by atoms with E-state index in [0.29, 0.717) is 6.54 Å². The predicted molar refractivity (Wildman–Crippen MR) is 83.1 cm³/mol. The fourth-order valence-electron chi connectivity index (χ4n) is 3.22. The van der Waals surface area contributed by atoms with Gasteiger partial charge in [-0.2, -0.15) is 0 Å². The number of fused-ring (bicyclic) bond motifs is 1. The van der Waals surface area contributed by atoms with E-state index in [4.69, 9.17) is 5.73 Å². The predicted octanol–water partition coefficient (Wildman–Crippen LogP) is 2.53. The Labute approximate surface area is 126 Å². The van der Waals surface area contributed by atoms with Crippen molar-refractivity contribution in [3.05, 3.63) is 35.4 Å². The lowest BCUT2D eigenvalue weighted by Gasteiger charge is -2.38. The fraction of sp³-hybridized carbons (Fsp3) is 0.562. The van der Waals surface area contributed by atoms with Crippen molar-refractivity contribution in [2.75, 3.05) is 6.54 Å². The number of hydrogen-bond donors (Lipinski definition) is 2. The number of carbonyl (C=O) groups is 1. The van der Waals surface area contributed by atoms with Crippen LogP contribution in [0.3, 0.4) is 0 Å². The minimum absolute atomic E-state index is 0. The van der Waals surface area contributed by atoms with Gasteiger partial charge >= 0.3 is 0 Å². The molecule has 3 nitrogen and oxygen atoms in total. The summed E-state index contributed by atoms with van der Waals surface area (Å²) in [6.07, 6.45) is 6.42. The van der Waals surface area contributed by atoms with Crippen molar-refractivity contribution < 1.29 is 4.79 Å². The Hall–Kier alpha value is -1.06. The zero-order valence-electron chi connectivity index (χ0n) is 11.7. The molecule has 0 heterocycles. The van der Waals surface area contributed by atoms with Crippen LogP contribution in [0.15, 0.2) is 24.3 Å². The molecule has 0 aliphatic heterocycles. The molecule has 4 heteroatoms. The zero-order valence-corrected chi connectivity index (χ0v) is 12.5. The summed E-state index contributed by atoms with van der Waals surface area (Å²) in [4.78, 5) is 12.4. The van der Waals surface area contributed by atoms with E-state index >= 15 is 0 Å². The molecule has 0 aromatic heterocycles. The molecule has 110 valence electrons. The van der Waals surface area contributed by atoms with Gasteiger partial charge in [-0.1, -0.05) is 24.3 Å². The van der Waals surface area contributed by atoms with Gasteiger partial charge in [0, 0.05) is 12.1 Å². The number of benzene rings is 1. The number of carbonyl (C=O) groups excluding carboxylic acids is 1. The first-order chi connectivity index (χ1) is 9.18. The molecule has 1 amide bonds. The molecular formula is C16H23ClN2O. The molecule has 0 radical (unpaired) electrons. The average molecular weight is 295 g/mol. The maximum absolute atomic E-state index is 12.4. The molecule has 20 heavy (non-hydrogen) atoms. The van der Waals surface area contributed by atoms with E-state index in [1.54, 1.807) is 0 Å². The first-order valence-electron chi connectivity index (χ1n) is 7.32. The van der Waals surface area contributed by atoms with Crippen molar-refractivity contribution in [3.8, 4) is 0 Å². The summed E-state index contributed by atoms with van der Waals surface area (Å²) in [6.45, 7) is 0.629. The second-order valence-electron chi connectivity index (χ2n) is 6.08. The molecule has 1 unspecified atom stereocenters. The van der Waals surface area contributed by atoms with Gasteiger partial charge in [-0.15, -0.1) is 12.4 Å². The van der Waals surface area contributed by atoms with Crippen molar-refractivity contribution >= 4 is 18.3 Å². The molecular weight excluding hydrogens is 272 g/mol. The van der Waals surface area contributed by atoms with Crippen LogP contribution in [-0.2, 0) is 11.2 Å². The second-order valence-corrected chi connectivity index (χ2v) is 6.08. The monoisotopic (exact) mass is 294 g/mol. The third-order valence-electron chi connectivity index (χ3n) is 4.65. The van der Waals surface area contributed by atoms with Crippen LogP contribution < -0.4 is 11.1 Å². The van der Waals surface area contributed by atoms with Crippen LogP contribution in [0.2, 0.25) is 0 Å². The quantitative estimate of drug-likeness (QED) is 0.900. The molecule has 2 aliphatic carbocycles. The number of amides is 1. The average Bonchev–Trinajstić information content (AvgIpc) is 2.42. The molecule has 1 aromatic carbocycles. The maximum Gasteiger partial charge on any atom is 0.227 e. The summed E-state index contributed by atoms with van der Waals surface area (Å²) >= 11 is 0. The van der Waals surface area contributed by atoms with E-state index in [-0.39, 0.29) is 29.8 Å². The molecule has 0 saturated heterocycles. The van der Waals surface area contributed by atoms with Crippen LogP contribution in [0, 0.1) is 0 Å². The SMILES string of the molecule is Cl.NC1(CNC(=O)C2CCCc3ccccc32)CCC1. The van der Waals surface area contributed by atoms with Gasteiger partial charge in [0.05, 0.1) is 5.92 Å². The normalized spacial score (nSPS) is 22.9. The summed E-state index contributed by atoms with van der Waals surface area (Å²) in [5.74, 6) is 0.178. The highest BCUT2D eigenvalue weighted by Gasteiger charge is 2.34. The Morgan fingerprint density at radius 3 is 2.75 bits per heavy atom. The number of rotatable bonds is 3. The molecule has 1 atom stereocenters. The molecule has 0 spiro atoms. The third kappa shape index (κ3) is 2.99. The van der Waals surface area contributed by atoms with Crippen LogP contribution in [0.5, 0.6) is 0 Å². The largest absolute Gasteiger partial charge is 0.354 e. The Kier molecular flexibility index (Phi) is 4.71. The first kappa shape index (κ1) is 15.3. The number of nitrogens with one attached hydrogen (secondary N) is 1. The van der Waals surface area contributed by atoms with E-state index in [2.05, 4.69) is 23.5 Å². The number of halogens is 1. The summed E-state index contributed by atoms with van der Waals surface area (Å²) in [7, 11) is 0. The number of aryl methyl sites for hydroxylation is 1. The summed E-state index contributed by atoms with van der Waals surface area (Å²) in [5, 5.41) is 3.07. The molecule has 3 rings (SSSR count). The van der Waals surface area contributed by atoms with Crippen molar-refractivity contribution in [1.29, 1.82) is 0 Å². The summed E-state index contributed by atoms with van der Waals surface area (Å²) in [5.41, 5.74) is 8.57. The van der Waals surface area contributed by atoms with Crippen molar-refractivity contribution in [2.45, 2.75) is 50.0 Å². The van der Waals surface area contributed by atoms with Crippen LogP contribution in [0.1, 0.15) is 49.1 Å². The lowest BCUT2D eigenvalue weighted by Crippen LogP contribution is -2.55. The van der Waals surface area contributed by atoms with Crippen molar-refractivity contribution in [2.24, 2.45) is 5.73 Å². The van der Waals surface area contributed by atoms with Gasteiger partial charge in [-0.3, -0.25) is 4.79 Å². The molecule has 1 aromatic rings. The first-order valence-corrected chi connectivity index (χ1v) is 7.32. The highest BCUT2D eigenvalue weighted by Crippen LogP contribution is 2.32. The van der Waals surface area contributed by atoms with Crippen LogP contribution in [0.25, 0.3) is 0 Å². The minimum atomic E-state index is -0.135. The fourth-order valence-corrected chi connectivity index (χ4v) is 3.22. The van der Waals surface area contributed by atoms with Gasteiger partial charge in [0.1, 0.15) is 0 Å². The Balaban J connectivity index is 0.00000147. The second kappa shape index (κ2) is 6.15. The van der Waals surface area contributed by atoms with E-state index < -0.39 is 0 Å². The van der Waals surface area contributed by atoms with E-state index in [0.717, 1.165) is 32.1 Å². The molecule has 1 saturated carbocycles. The highest BCUT2D eigenvalue weighted by atomic mass is 35.5. The third-order valence-corrected chi connectivity index (χ3v) is 4.65. The van der Waals surface area contributed by atoms with Gasteiger partial charge < -0.3 is 11.1 Å². The smallest absolute Gasteiger partial charge is 0.227 e. The lowest BCUT2D eigenvalue weighted by molar-refractivity contribution is -0.123. The van der Waals surface area contributed by atoms with Gasteiger partial charge in [-0.25, -0.2) is 0 Å². The van der Waals surface area contributed by atoms with Crippen LogP contribution >= 0.6 is 12.4 Å². The minimum Gasteiger partial charge on any atom is -0.354 e. The van der Waals surface area contributed by atoms with Gasteiger partial charge in [-0.05, 0) is 49.7 Å². The number of nitrogens with two attached hydrogens (primary N) is 1. The van der Waals surface area contributed by atoms with E-state index in [1.807, 2.05) is 6.07 Å². The Morgan fingerprint density at radius 1 is 1.30 bits per heavy atom. The standard InChI is InChI=1S/C16H22N2O.ClH/c17-16(9-4-10-16)11-18-15(19)14-8-3-6-12-5-1-2-7-13(12)14;/h1-2,5,7,14H,3-4,6,8-11,17H2,(H,18,19);1H.